The summed E-state index contributed by atoms with van der Waals surface area (Å²) >= 11 is 0. The Hall–Kier alpha value is -0.670. The highest BCUT2D eigenvalue weighted by Crippen LogP contribution is 1.92. The van der Waals surface area contributed by atoms with Crippen LogP contribution >= 0.6 is 0 Å². The lowest BCUT2D eigenvalue weighted by Crippen LogP contribution is -2.31. The van der Waals surface area contributed by atoms with Crippen molar-refractivity contribution in [3.63, 3.8) is 0 Å². The first kappa shape index (κ1) is 7.44. The first-order valence-electron chi connectivity index (χ1n) is 3.28. The smallest absolute Gasteiger partial charge is 0.172 e. The maximum absolute atomic E-state index is 10.7. The zero-order valence-electron chi connectivity index (χ0n) is 5.80. The molecule has 1 aliphatic rings. The Morgan fingerprint density at radius 3 is 3.30 bits per heavy atom. The molecule has 1 unspecified atom stereocenters. The van der Waals surface area contributed by atoms with Gasteiger partial charge in [-0.05, 0) is 0 Å². The molecule has 1 rings (SSSR count). The van der Waals surface area contributed by atoms with Crippen LogP contribution in [0.25, 0.3) is 0 Å². The molecule has 0 aromatic carbocycles. The summed E-state index contributed by atoms with van der Waals surface area (Å²) in [4.78, 5) is 10.7. The topological polar surface area (TPSA) is 38.3 Å². The molecule has 3 nitrogen and oxygen atoms in total. The Kier molecular flexibility index (Phi) is 2.59. The Bertz CT molecular complexity index is 145. The van der Waals surface area contributed by atoms with E-state index < -0.39 is 0 Å². The normalized spacial score (nSPS) is 27.6. The molecule has 56 valence electrons. The number of ketones is 1. The van der Waals surface area contributed by atoms with Crippen molar-refractivity contribution in [1.29, 1.82) is 0 Å². The number of ether oxygens (including phenoxy) is 1. The summed E-state index contributed by atoms with van der Waals surface area (Å²) in [6, 6.07) is 0.131. The highest BCUT2D eigenvalue weighted by Gasteiger charge is 2.12. The molecule has 1 N–H and O–H groups in total. The SMILES string of the molecule is C=CC1COCC(=O)CN1. The number of Topliss-reactive ketones (excluding diaryl/α,β-unsaturated/α-hetero) is 1. The molecular weight excluding hydrogens is 130 g/mol. The van der Waals surface area contributed by atoms with Crippen molar-refractivity contribution >= 4 is 5.78 Å². The maximum atomic E-state index is 10.7. The fourth-order valence-corrected chi connectivity index (χ4v) is 0.806. The van der Waals surface area contributed by atoms with Gasteiger partial charge in [-0.3, -0.25) is 4.79 Å². The molecule has 0 aliphatic carbocycles. The lowest BCUT2D eigenvalue weighted by Gasteiger charge is -2.07. The van der Waals surface area contributed by atoms with Gasteiger partial charge in [-0.15, -0.1) is 6.58 Å². The Labute approximate surface area is 60.1 Å². The van der Waals surface area contributed by atoms with Crippen LogP contribution in [0.3, 0.4) is 0 Å². The molecule has 10 heavy (non-hydrogen) atoms. The zero-order valence-corrected chi connectivity index (χ0v) is 5.80. The standard InChI is InChI=1S/C7H11NO2/c1-2-6-4-10-5-7(9)3-8-6/h2,6,8H,1,3-5H2. The maximum Gasteiger partial charge on any atom is 0.172 e. The number of carbonyl (C=O) groups is 1. The minimum atomic E-state index is 0.101. The van der Waals surface area contributed by atoms with E-state index in [1.807, 2.05) is 0 Å². The minimum Gasteiger partial charge on any atom is -0.372 e. The molecule has 0 amide bonds. The number of hydrogen-bond donors (Lipinski definition) is 1. The van der Waals surface area contributed by atoms with Crippen molar-refractivity contribution in [3.05, 3.63) is 12.7 Å². The van der Waals surface area contributed by atoms with Crippen molar-refractivity contribution in [2.45, 2.75) is 6.04 Å². The lowest BCUT2D eigenvalue weighted by atomic mass is 10.3. The second-order valence-corrected chi connectivity index (χ2v) is 2.28. The molecular formula is C7H11NO2. The molecule has 0 aromatic rings. The number of nitrogens with one attached hydrogen (secondary N) is 1. The fraction of sp³-hybridized carbons (Fsp3) is 0.571. The Morgan fingerprint density at radius 2 is 2.60 bits per heavy atom. The van der Waals surface area contributed by atoms with E-state index in [4.69, 9.17) is 4.74 Å². The van der Waals surface area contributed by atoms with Crippen LogP contribution < -0.4 is 5.32 Å². The molecule has 1 atom stereocenters. The van der Waals surface area contributed by atoms with Crippen LogP contribution in [0.15, 0.2) is 12.7 Å². The predicted octanol–water partition coefficient (Wildman–Crippen LogP) is -0.270. The molecule has 0 aromatic heterocycles. The Morgan fingerprint density at radius 1 is 1.80 bits per heavy atom. The second kappa shape index (κ2) is 3.49. The quantitative estimate of drug-likeness (QED) is 0.511. The van der Waals surface area contributed by atoms with Crippen LogP contribution in [0.4, 0.5) is 0 Å². The van der Waals surface area contributed by atoms with Crippen molar-refractivity contribution in [3.8, 4) is 0 Å². The average Bonchev–Trinajstić information content (AvgIpc) is 2.14. The lowest BCUT2D eigenvalue weighted by molar-refractivity contribution is -0.121. The van der Waals surface area contributed by atoms with Gasteiger partial charge in [0.05, 0.1) is 13.2 Å². The van der Waals surface area contributed by atoms with Crippen LogP contribution in [-0.2, 0) is 9.53 Å². The number of hydrogen-bond acceptors (Lipinski definition) is 3. The zero-order chi connectivity index (χ0) is 7.40. The number of rotatable bonds is 1. The van der Waals surface area contributed by atoms with Gasteiger partial charge in [0.15, 0.2) is 5.78 Å². The molecule has 3 heteroatoms. The molecule has 1 heterocycles. The summed E-state index contributed by atoms with van der Waals surface area (Å²) in [7, 11) is 0. The van der Waals surface area contributed by atoms with Crippen LogP contribution in [0.2, 0.25) is 0 Å². The predicted molar refractivity (Wildman–Crippen MR) is 37.8 cm³/mol. The molecule has 0 spiro atoms. The minimum absolute atomic E-state index is 0.101. The van der Waals surface area contributed by atoms with E-state index in [0.29, 0.717) is 13.2 Å². The van der Waals surface area contributed by atoms with E-state index >= 15 is 0 Å². The summed E-state index contributed by atoms with van der Waals surface area (Å²) < 4.78 is 5.03. The molecule has 1 aliphatic heterocycles. The van der Waals surface area contributed by atoms with E-state index in [2.05, 4.69) is 11.9 Å². The van der Waals surface area contributed by atoms with Crippen molar-refractivity contribution in [1.82, 2.24) is 5.32 Å². The summed E-state index contributed by atoms with van der Waals surface area (Å²) in [5.41, 5.74) is 0. The third-order valence-electron chi connectivity index (χ3n) is 1.41. The fourth-order valence-electron chi connectivity index (χ4n) is 0.806. The van der Waals surface area contributed by atoms with E-state index in [-0.39, 0.29) is 18.4 Å². The van der Waals surface area contributed by atoms with E-state index in [9.17, 15) is 4.79 Å². The molecule has 1 saturated heterocycles. The van der Waals surface area contributed by atoms with Gasteiger partial charge >= 0.3 is 0 Å². The van der Waals surface area contributed by atoms with Gasteiger partial charge in [0.2, 0.25) is 0 Å². The van der Waals surface area contributed by atoms with Crippen molar-refractivity contribution in [2.75, 3.05) is 19.8 Å². The first-order valence-corrected chi connectivity index (χ1v) is 3.28. The van der Waals surface area contributed by atoms with Crippen LogP contribution in [0.1, 0.15) is 0 Å². The van der Waals surface area contributed by atoms with Gasteiger partial charge in [-0.2, -0.15) is 0 Å². The molecule has 0 saturated carbocycles. The van der Waals surface area contributed by atoms with Crippen LogP contribution in [-0.4, -0.2) is 31.6 Å². The first-order chi connectivity index (χ1) is 4.83. The van der Waals surface area contributed by atoms with Gasteiger partial charge in [-0.25, -0.2) is 0 Å². The molecule has 1 fully saturated rings. The summed E-state index contributed by atoms with van der Waals surface area (Å²) in [6.45, 7) is 4.78. The third-order valence-corrected chi connectivity index (χ3v) is 1.41. The highest BCUT2D eigenvalue weighted by atomic mass is 16.5. The van der Waals surface area contributed by atoms with Crippen molar-refractivity contribution in [2.24, 2.45) is 0 Å². The van der Waals surface area contributed by atoms with Crippen molar-refractivity contribution < 1.29 is 9.53 Å². The Balaban J connectivity index is 2.40. The largest absolute Gasteiger partial charge is 0.372 e. The van der Waals surface area contributed by atoms with Crippen LogP contribution in [0, 0.1) is 0 Å². The average molecular weight is 141 g/mol. The molecule has 0 radical (unpaired) electrons. The highest BCUT2D eigenvalue weighted by molar-refractivity contribution is 5.81. The third kappa shape index (κ3) is 1.93. The van der Waals surface area contributed by atoms with E-state index in [1.54, 1.807) is 6.08 Å². The van der Waals surface area contributed by atoms with E-state index in [1.165, 1.54) is 0 Å². The molecule has 0 bridgehead atoms. The van der Waals surface area contributed by atoms with Gasteiger partial charge in [0.25, 0.3) is 0 Å². The summed E-state index contributed by atoms with van der Waals surface area (Å²) in [5, 5.41) is 2.99. The van der Waals surface area contributed by atoms with Gasteiger partial charge < -0.3 is 10.1 Å². The summed E-state index contributed by atoms with van der Waals surface area (Å²) in [5.74, 6) is 0.101. The van der Waals surface area contributed by atoms with E-state index in [0.717, 1.165) is 0 Å². The second-order valence-electron chi connectivity index (χ2n) is 2.28. The van der Waals surface area contributed by atoms with Gasteiger partial charge in [-0.1, -0.05) is 6.08 Å². The monoisotopic (exact) mass is 141 g/mol. The van der Waals surface area contributed by atoms with Gasteiger partial charge in [0, 0.05) is 6.04 Å². The number of carbonyl (C=O) groups excluding carboxylic acids is 1. The van der Waals surface area contributed by atoms with Crippen LogP contribution in [0.5, 0.6) is 0 Å². The summed E-state index contributed by atoms with van der Waals surface area (Å²) in [6.07, 6.45) is 1.75. The van der Waals surface area contributed by atoms with Gasteiger partial charge in [0.1, 0.15) is 6.61 Å².